The number of aromatic nitrogens is 2. The second kappa shape index (κ2) is 11.5. The zero-order valence-corrected chi connectivity index (χ0v) is 27.6. The molecule has 2 nitrogen and oxygen atoms in total. The van der Waals surface area contributed by atoms with Crippen molar-refractivity contribution < 1.29 is 0 Å². The molecule has 0 saturated carbocycles. The van der Waals surface area contributed by atoms with Crippen molar-refractivity contribution in [2.45, 2.75) is 19.3 Å². The summed E-state index contributed by atoms with van der Waals surface area (Å²) in [5, 5.41) is 2.32. The lowest BCUT2D eigenvalue weighted by Gasteiger charge is -2.24. The van der Waals surface area contributed by atoms with Crippen LogP contribution < -0.4 is 0 Å². The summed E-state index contributed by atoms with van der Waals surface area (Å²) in [5.74, 6) is 0.723. The highest BCUT2D eigenvalue weighted by molar-refractivity contribution is 5.95. The fraction of sp³-hybridized carbons (Fsp3) is 0.0638. The lowest BCUT2D eigenvalue weighted by atomic mass is 9.79. The van der Waals surface area contributed by atoms with Gasteiger partial charge in [0, 0.05) is 22.1 Å². The van der Waals surface area contributed by atoms with Crippen molar-refractivity contribution in [3.8, 4) is 67.3 Å². The van der Waals surface area contributed by atoms with E-state index >= 15 is 0 Å². The Hall–Kier alpha value is -6.12. The van der Waals surface area contributed by atoms with Crippen molar-refractivity contribution in [3.63, 3.8) is 0 Å². The Morgan fingerprint density at radius 1 is 0.388 bits per heavy atom. The van der Waals surface area contributed by atoms with Gasteiger partial charge in [-0.2, -0.15) is 0 Å². The van der Waals surface area contributed by atoms with E-state index in [0.717, 1.165) is 39.3 Å². The average molecular weight is 627 g/mol. The minimum Gasteiger partial charge on any atom is -0.228 e. The lowest BCUT2D eigenvalue weighted by molar-refractivity contribution is 0.662. The van der Waals surface area contributed by atoms with E-state index in [0.29, 0.717) is 0 Å². The normalized spacial score (nSPS) is 12.9. The molecule has 2 heteroatoms. The van der Waals surface area contributed by atoms with E-state index in [1.807, 2.05) is 6.07 Å². The molecule has 1 aliphatic rings. The van der Waals surface area contributed by atoms with Crippen molar-refractivity contribution in [3.05, 3.63) is 181 Å². The molecule has 232 valence electrons. The fourth-order valence-corrected chi connectivity index (χ4v) is 7.66. The van der Waals surface area contributed by atoms with Crippen molar-refractivity contribution in [1.82, 2.24) is 9.97 Å². The topological polar surface area (TPSA) is 25.8 Å². The summed E-state index contributed by atoms with van der Waals surface area (Å²) in [6.45, 7) is 4.69. The number of rotatable bonds is 5. The van der Waals surface area contributed by atoms with Gasteiger partial charge in [-0.05, 0) is 61.3 Å². The third kappa shape index (κ3) is 4.96. The SMILES string of the molecule is CC1(C)c2ccccc2-c2cccc(-c3ccc(-c4cc(-c5ccc(-c6ccccc6)cc5)nc(-c5cccc6ccccc56)n4)cc3)c21. The van der Waals surface area contributed by atoms with Crippen LogP contribution in [-0.2, 0) is 5.41 Å². The third-order valence-corrected chi connectivity index (χ3v) is 10.1. The Balaban J connectivity index is 1.15. The molecule has 0 aliphatic heterocycles. The predicted octanol–water partition coefficient (Wildman–Crippen LogP) is 12.3. The second-order valence-corrected chi connectivity index (χ2v) is 13.4. The van der Waals surface area contributed by atoms with Gasteiger partial charge in [-0.3, -0.25) is 0 Å². The second-order valence-electron chi connectivity index (χ2n) is 13.4. The van der Waals surface area contributed by atoms with Crippen LogP contribution in [0.2, 0.25) is 0 Å². The molecule has 49 heavy (non-hydrogen) atoms. The molecular weight excluding hydrogens is 593 g/mol. The molecule has 0 saturated heterocycles. The summed E-state index contributed by atoms with van der Waals surface area (Å²) in [6, 6.07) is 60.6. The molecule has 1 aliphatic carbocycles. The summed E-state index contributed by atoms with van der Waals surface area (Å²) in [5.41, 5.74) is 15.2. The first kappa shape index (κ1) is 29.1. The van der Waals surface area contributed by atoms with Crippen LogP contribution >= 0.6 is 0 Å². The molecule has 0 unspecified atom stereocenters. The van der Waals surface area contributed by atoms with E-state index in [2.05, 4.69) is 178 Å². The fourth-order valence-electron chi connectivity index (χ4n) is 7.66. The van der Waals surface area contributed by atoms with Crippen molar-refractivity contribution in [2.75, 3.05) is 0 Å². The van der Waals surface area contributed by atoms with Gasteiger partial charge in [0.25, 0.3) is 0 Å². The third-order valence-electron chi connectivity index (χ3n) is 10.1. The number of nitrogens with zero attached hydrogens (tertiary/aromatic N) is 2. The molecule has 1 heterocycles. The number of hydrogen-bond acceptors (Lipinski definition) is 2. The maximum Gasteiger partial charge on any atom is 0.161 e. The summed E-state index contributed by atoms with van der Waals surface area (Å²) in [4.78, 5) is 10.4. The zero-order valence-electron chi connectivity index (χ0n) is 27.6. The molecule has 0 fully saturated rings. The highest BCUT2D eigenvalue weighted by atomic mass is 14.9. The maximum atomic E-state index is 5.21. The van der Waals surface area contributed by atoms with Crippen LogP contribution in [0.3, 0.4) is 0 Å². The summed E-state index contributed by atoms with van der Waals surface area (Å²) < 4.78 is 0. The Morgan fingerprint density at radius 3 is 1.65 bits per heavy atom. The molecule has 1 aromatic heterocycles. The standard InChI is InChI=1S/C47H34N2/c1-47(2)42-21-9-8-17-39(42)40-19-11-18-38(45(40)47)34-24-28-36(29-25-34)44-30-43(35-26-22-32(23-27-35)31-12-4-3-5-13-31)48-46(49-44)41-20-10-15-33-14-6-7-16-37(33)41/h3-30H,1-2H3. The van der Waals surface area contributed by atoms with Gasteiger partial charge < -0.3 is 0 Å². The molecule has 0 atom stereocenters. The largest absolute Gasteiger partial charge is 0.228 e. The van der Waals surface area contributed by atoms with E-state index in [9.17, 15) is 0 Å². The summed E-state index contributed by atoms with van der Waals surface area (Å²) in [7, 11) is 0. The molecule has 0 radical (unpaired) electrons. The Bertz CT molecular complexity index is 2490. The van der Waals surface area contributed by atoms with Gasteiger partial charge in [0.1, 0.15) is 0 Å². The monoisotopic (exact) mass is 626 g/mol. The molecular formula is C47H34N2. The first-order valence-electron chi connectivity index (χ1n) is 16.9. The van der Waals surface area contributed by atoms with E-state index < -0.39 is 0 Å². The summed E-state index contributed by atoms with van der Waals surface area (Å²) >= 11 is 0. The first-order chi connectivity index (χ1) is 24.0. The van der Waals surface area contributed by atoms with E-state index in [4.69, 9.17) is 9.97 Å². The van der Waals surface area contributed by atoms with Crippen LogP contribution in [0.5, 0.6) is 0 Å². The molecule has 7 aromatic carbocycles. The van der Waals surface area contributed by atoms with E-state index in [1.54, 1.807) is 0 Å². The van der Waals surface area contributed by atoms with Gasteiger partial charge >= 0.3 is 0 Å². The minimum atomic E-state index is -0.0772. The quantitative estimate of drug-likeness (QED) is 0.190. The average Bonchev–Trinajstić information content (AvgIpc) is 3.41. The van der Waals surface area contributed by atoms with Crippen molar-refractivity contribution in [2.24, 2.45) is 0 Å². The van der Waals surface area contributed by atoms with Gasteiger partial charge in [0.15, 0.2) is 5.82 Å². The number of hydrogen-bond donors (Lipinski definition) is 0. The minimum absolute atomic E-state index is 0.0772. The van der Waals surface area contributed by atoms with Crippen LogP contribution in [0.1, 0.15) is 25.0 Å². The summed E-state index contributed by atoms with van der Waals surface area (Å²) in [6.07, 6.45) is 0. The van der Waals surface area contributed by atoms with Crippen molar-refractivity contribution in [1.29, 1.82) is 0 Å². The van der Waals surface area contributed by atoms with Gasteiger partial charge in [0.05, 0.1) is 11.4 Å². The van der Waals surface area contributed by atoms with E-state index in [1.165, 1.54) is 49.9 Å². The van der Waals surface area contributed by atoms with Gasteiger partial charge in [-0.25, -0.2) is 9.97 Å². The van der Waals surface area contributed by atoms with E-state index in [-0.39, 0.29) is 5.41 Å². The van der Waals surface area contributed by atoms with Crippen molar-refractivity contribution >= 4 is 10.8 Å². The number of benzene rings is 7. The number of fused-ring (bicyclic) bond motifs is 4. The molecule has 0 bridgehead atoms. The zero-order chi connectivity index (χ0) is 33.0. The van der Waals surface area contributed by atoms with Crippen LogP contribution in [0.4, 0.5) is 0 Å². The predicted molar refractivity (Wildman–Crippen MR) is 204 cm³/mol. The Kier molecular flexibility index (Phi) is 6.84. The van der Waals surface area contributed by atoms with Crippen LogP contribution in [0, 0.1) is 0 Å². The highest BCUT2D eigenvalue weighted by Gasteiger charge is 2.37. The first-order valence-corrected chi connectivity index (χ1v) is 16.9. The lowest BCUT2D eigenvalue weighted by Crippen LogP contribution is -2.16. The van der Waals surface area contributed by atoms with Crippen LogP contribution in [0.15, 0.2) is 170 Å². The van der Waals surface area contributed by atoms with Crippen LogP contribution in [0.25, 0.3) is 78.1 Å². The smallest absolute Gasteiger partial charge is 0.161 e. The molecule has 9 rings (SSSR count). The molecule has 0 spiro atoms. The maximum absolute atomic E-state index is 5.21. The Labute approximate surface area is 287 Å². The highest BCUT2D eigenvalue weighted by Crippen LogP contribution is 2.52. The van der Waals surface area contributed by atoms with Gasteiger partial charge in [-0.1, -0.05) is 178 Å². The van der Waals surface area contributed by atoms with Gasteiger partial charge in [-0.15, -0.1) is 0 Å². The molecule has 0 amide bonds. The van der Waals surface area contributed by atoms with Gasteiger partial charge in [0.2, 0.25) is 0 Å². The Morgan fingerprint density at radius 2 is 0.898 bits per heavy atom. The molecule has 8 aromatic rings. The molecule has 0 N–H and O–H groups in total. The van der Waals surface area contributed by atoms with Crippen LogP contribution in [-0.4, -0.2) is 9.97 Å².